The van der Waals surface area contributed by atoms with Crippen LogP contribution in [-0.2, 0) is 4.79 Å². The van der Waals surface area contributed by atoms with Crippen LogP contribution in [0.25, 0.3) is 0 Å². The number of carbonyl (C=O) groups excluding carboxylic acids is 1. The standard InChI is InChI=1S/C11H19NO/c1-9(2)11-7-12(8-13)6-4-5-10(11)3/h8-9H,4-7H2,1-3H3. The third-order valence-electron chi connectivity index (χ3n) is 2.76. The molecule has 0 bridgehead atoms. The van der Waals surface area contributed by atoms with Crippen molar-refractivity contribution in [2.24, 2.45) is 5.92 Å². The molecule has 1 aliphatic heterocycles. The predicted molar refractivity (Wildman–Crippen MR) is 54.4 cm³/mol. The smallest absolute Gasteiger partial charge is 0.209 e. The number of nitrogens with zero attached hydrogens (tertiary/aromatic N) is 1. The summed E-state index contributed by atoms with van der Waals surface area (Å²) in [5.74, 6) is 0.570. The number of hydrogen-bond donors (Lipinski definition) is 0. The van der Waals surface area contributed by atoms with E-state index >= 15 is 0 Å². The Labute approximate surface area is 80.6 Å². The van der Waals surface area contributed by atoms with Gasteiger partial charge in [-0.2, -0.15) is 0 Å². The second kappa shape index (κ2) is 4.45. The largest absolute Gasteiger partial charge is 0.341 e. The number of carbonyl (C=O) groups is 1. The summed E-state index contributed by atoms with van der Waals surface area (Å²) in [4.78, 5) is 12.6. The fourth-order valence-electron chi connectivity index (χ4n) is 1.91. The minimum atomic E-state index is 0.570. The van der Waals surface area contributed by atoms with E-state index in [0.29, 0.717) is 5.92 Å². The Morgan fingerprint density at radius 1 is 1.46 bits per heavy atom. The molecule has 2 nitrogen and oxygen atoms in total. The Morgan fingerprint density at radius 3 is 2.69 bits per heavy atom. The topological polar surface area (TPSA) is 20.3 Å². The van der Waals surface area contributed by atoms with Crippen LogP contribution in [0.3, 0.4) is 0 Å². The molecule has 0 aromatic carbocycles. The fraction of sp³-hybridized carbons (Fsp3) is 0.727. The molecule has 0 radical (unpaired) electrons. The van der Waals surface area contributed by atoms with E-state index in [1.54, 1.807) is 0 Å². The van der Waals surface area contributed by atoms with Gasteiger partial charge in [0.05, 0.1) is 0 Å². The Kier molecular flexibility index (Phi) is 3.52. The summed E-state index contributed by atoms with van der Waals surface area (Å²) in [6.07, 6.45) is 3.24. The van der Waals surface area contributed by atoms with Gasteiger partial charge in [0.1, 0.15) is 0 Å². The van der Waals surface area contributed by atoms with E-state index in [-0.39, 0.29) is 0 Å². The van der Waals surface area contributed by atoms with E-state index in [1.807, 2.05) is 4.90 Å². The van der Waals surface area contributed by atoms with Crippen molar-refractivity contribution in [3.05, 3.63) is 11.1 Å². The lowest BCUT2D eigenvalue weighted by Gasteiger charge is -2.19. The lowest BCUT2D eigenvalue weighted by molar-refractivity contribution is -0.117. The summed E-state index contributed by atoms with van der Waals surface area (Å²) in [6.45, 7) is 8.36. The maximum atomic E-state index is 10.7. The van der Waals surface area contributed by atoms with E-state index < -0.39 is 0 Å². The highest BCUT2D eigenvalue weighted by atomic mass is 16.1. The van der Waals surface area contributed by atoms with Crippen LogP contribution in [0.5, 0.6) is 0 Å². The highest BCUT2D eigenvalue weighted by Gasteiger charge is 2.15. The first-order valence-corrected chi connectivity index (χ1v) is 5.03. The van der Waals surface area contributed by atoms with Crippen molar-refractivity contribution >= 4 is 6.41 Å². The molecule has 1 aliphatic rings. The molecule has 0 unspecified atom stereocenters. The van der Waals surface area contributed by atoms with Crippen molar-refractivity contribution in [3.8, 4) is 0 Å². The van der Waals surface area contributed by atoms with Gasteiger partial charge in [0.15, 0.2) is 0 Å². The molecule has 0 aliphatic carbocycles. The third kappa shape index (κ3) is 2.58. The van der Waals surface area contributed by atoms with Crippen LogP contribution in [0, 0.1) is 5.92 Å². The van der Waals surface area contributed by atoms with Crippen molar-refractivity contribution in [1.82, 2.24) is 4.90 Å². The van der Waals surface area contributed by atoms with Crippen molar-refractivity contribution in [3.63, 3.8) is 0 Å². The predicted octanol–water partition coefficient (Wildman–Crippen LogP) is 2.21. The van der Waals surface area contributed by atoms with Gasteiger partial charge in [-0.15, -0.1) is 0 Å². The third-order valence-corrected chi connectivity index (χ3v) is 2.76. The van der Waals surface area contributed by atoms with Crippen molar-refractivity contribution in [1.29, 1.82) is 0 Å². The molecule has 1 heterocycles. The second-order valence-electron chi connectivity index (χ2n) is 4.14. The molecular formula is C11H19NO. The van der Waals surface area contributed by atoms with E-state index in [2.05, 4.69) is 20.8 Å². The maximum absolute atomic E-state index is 10.7. The summed E-state index contributed by atoms with van der Waals surface area (Å²) in [5.41, 5.74) is 2.93. The molecular weight excluding hydrogens is 162 g/mol. The normalized spacial score (nSPS) is 19.2. The molecule has 0 aromatic heterocycles. The van der Waals surface area contributed by atoms with Gasteiger partial charge in [-0.3, -0.25) is 4.79 Å². The lowest BCUT2D eigenvalue weighted by Crippen LogP contribution is -2.25. The van der Waals surface area contributed by atoms with Gasteiger partial charge in [0.2, 0.25) is 6.41 Å². The summed E-state index contributed by atoms with van der Waals surface area (Å²) < 4.78 is 0. The summed E-state index contributed by atoms with van der Waals surface area (Å²) in [7, 11) is 0. The van der Waals surface area contributed by atoms with Gasteiger partial charge in [0, 0.05) is 13.1 Å². The average molecular weight is 181 g/mol. The molecule has 0 aromatic rings. The van der Waals surface area contributed by atoms with Crippen molar-refractivity contribution in [2.75, 3.05) is 13.1 Å². The average Bonchev–Trinajstić information content (AvgIpc) is 2.26. The van der Waals surface area contributed by atoms with Crippen molar-refractivity contribution < 1.29 is 4.79 Å². The summed E-state index contributed by atoms with van der Waals surface area (Å²) in [5, 5.41) is 0. The van der Waals surface area contributed by atoms with Crippen LogP contribution in [0.2, 0.25) is 0 Å². The Bertz CT molecular complexity index is 218. The monoisotopic (exact) mass is 181 g/mol. The highest BCUT2D eigenvalue weighted by molar-refractivity contribution is 5.48. The Hall–Kier alpha value is -0.790. The number of rotatable bonds is 2. The summed E-state index contributed by atoms with van der Waals surface area (Å²) in [6, 6.07) is 0. The number of allylic oxidation sites excluding steroid dienone is 1. The molecule has 0 N–H and O–H groups in total. The fourth-order valence-corrected chi connectivity index (χ4v) is 1.91. The molecule has 1 rings (SSSR count). The first kappa shape index (κ1) is 10.3. The van der Waals surface area contributed by atoms with Crippen molar-refractivity contribution in [2.45, 2.75) is 33.6 Å². The van der Waals surface area contributed by atoms with E-state index in [9.17, 15) is 4.79 Å². The quantitative estimate of drug-likeness (QED) is 0.472. The zero-order chi connectivity index (χ0) is 9.84. The molecule has 2 heteroatoms. The first-order chi connectivity index (χ1) is 6.15. The Morgan fingerprint density at radius 2 is 2.15 bits per heavy atom. The second-order valence-corrected chi connectivity index (χ2v) is 4.14. The molecule has 0 atom stereocenters. The van der Waals surface area contributed by atoms with Crippen LogP contribution in [0.15, 0.2) is 11.1 Å². The van der Waals surface area contributed by atoms with E-state index in [4.69, 9.17) is 0 Å². The zero-order valence-electron chi connectivity index (χ0n) is 8.84. The van der Waals surface area contributed by atoms with Gasteiger partial charge in [-0.25, -0.2) is 0 Å². The molecule has 13 heavy (non-hydrogen) atoms. The molecule has 1 amide bonds. The van der Waals surface area contributed by atoms with Gasteiger partial charge in [0.25, 0.3) is 0 Å². The maximum Gasteiger partial charge on any atom is 0.209 e. The number of amides is 1. The summed E-state index contributed by atoms with van der Waals surface area (Å²) >= 11 is 0. The first-order valence-electron chi connectivity index (χ1n) is 5.03. The van der Waals surface area contributed by atoms with Gasteiger partial charge in [-0.05, 0) is 31.3 Å². The molecule has 0 spiro atoms. The van der Waals surface area contributed by atoms with Crippen LogP contribution < -0.4 is 0 Å². The molecule has 0 saturated carbocycles. The molecule has 0 fully saturated rings. The van der Waals surface area contributed by atoms with E-state index in [0.717, 1.165) is 32.3 Å². The van der Waals surface area contributed by atoms with Gasteiger partial charge in [-0.1, -0.05) is 19.4 Å². The SMILES string of the molecule is CC1=C(C(C)C)CN(C=O)CCC1. The molecule has 74 valence electrons. The lowest BCUT2D eigenvalue weighted by atomic mass is 9.96. The van der Waals surface area contributed by atoms with Crippen LogP contribution in [0.1, 0.15) is 33.6 Å². The zero-order valence-corrected chi connectivity index (χ0v) is 8.84. The van der Waals surface area contributed by atoms with Crippen LogP contribution in [-0.4, -0.2) is 24.4 Å². The minimum Gasteiger partial charge on any atom is -0.341 e. The van der Waals surface area contributed by atoms with E-state index in [1.165, 1.54) is 11.1 Å². The number of hydrogen-bond acceptors (Lipinski definition) is 1. The van der Waals surface area contributed by atoms with Crippen LogP contribution in [0.4, 0.5) is 0 Å². The minimum absolute atomic E-state index is 0.570. The van der Waals surface area contributed by atoms with Gasteiger partial charge >= 0.3 is 0 Å². The highest BCUT2D eigenvalue weighted by Crippen LogP contribution is 2.22. The van der Waals surface area contributed by atoms with Crippen LogP contribution >= 0.6 is 0 Å². The van der Waals surface area contributed by atoms with Gasteiger partial charge < -0.3 is 4.90 Å². The Balaban J connectivity index is 2.78. The molecule has 0 saturated heterocycles.